The molecule has 27 heavy (non-hydrogen) atoms. The van der Waals surface area contributed by atoms with Crippen molar-refractivity contribution in [3.63, 3.8) is 0 Å². The number of esters is 1. The van der Waals surface area contributed by atoms with Gasteiger partial charge in [0.15, 0.2) is 6.61 Å². The zero-order valence-electron chi connectivity index (χ0n) is 15.3. The van der Waals surface area contributed by atoms with E-state index >= 15 is 0 Å². The molecule has 0 bridgehead atoms. The lowest BCUT2D eigenvalue weighted by atomic mass is 10.0. The second kappa shape index (κ2) is 8.64. The highest BCUT2D eigenvalue weighted by Gasteiger charge is 2.17. The molecule has 0 aliphatic heterocycles. The van der Waals surface area contributed by atoms with Crippen LogP contribution in [0.3, 0.4) is 0 Å². The Balaban J connectivity index is 1.64. The van der Waals surface area contributed by atoms with Crippen LogP contribution in [-0.4, -0.2) is 18.5 Å². The highest BCUT2D eigenvalue weighted by atomic mass is 32.1. The number of amides is 1. The Morgan fingerprint density at radius 2 is 1.70 bits per heavy atom. The fraction of sp³-hybridized carbons (Fsp3) is 0.182. The average Bonchev–Trinajstić information content (AvgIpc) is 3.17. The lowest BCUT2D eigenvalue weighted by Gasteiger charge is -2.13. The zero-order valence-corrected chi connectivity index (χ0v) is 16.1. The van der Waals surface area contributed by atoms with Crippen LogP contribution in [0.1, 0.15) is 35.0 Å². The highest BCUT2D eigenvalue weighted by molar-refractivity contribution is 7.12. The van der Waals surface area contributed by atoms with Crippen LogP contribution in [0, 0.1) is 0 Å². The van der Waals surface area contributed by atoms with Crippen molar-refractivity contribution >= 4 is 28.9 Å². The molecule has 2 aromatic carbocycles. The zero-order chi connectivity index (χ0) is 19.2. The van der Waals surface area contributed by atoms with Crippen molar-refractivity contribution in [2.75, 3.05) is 11.9 Å². The predicted octanol–water partition coefficient (Wildman–Crippen LogP) is 5.33. The molecular weight excluding hydrogens is 358 g/mol. The summed E-state index contributed by atoms with van der Waals surface area (Å²) in [4.78, 5) is 25.2. The third kappa shape index (κ3) is 4.63. The number of ether oxygens (including phenoxy) is 1. The second-order valence-electron chi connectivity index (χ2n) is 6.40. The highest BCUT2D eigenvalue weighted by Crippen LogP contribution is 2.29. The fourth-order valence-electron chi connectivity index (χ4n) is 2.81. The molecule has 0 fully saturated rings. The first-order chi connectivity index (χ1) is 13.1. The van der Waals surface area contributed by atoms with Crippen LogP contribution in [0.5, 0.6) is 0 Å². The molecule has 1 amide bonds. The number of carbonyl (C=O) groups is 2. The van der Waals surface area contributed by atoms with Crippen molar-refractivity contribution in [3.05, 3.63) is 76.5 Å². The van der Waals surface area contributed by atoms with Gasteiger partial charge in [-0.05, 0) is 34.6 Å². The fourth-order valence-corrected chi connectivity index (χ4v) is 3.62. The van der Waals surface area contributed by atoms with Gasteiger partial charge in [-0.1, -0.05) is 62.4 Å². The number of hydrogen-bond acceptors (Lipinski definition) is 4. The molecule has 0 saturated carbocycles. The van der Waals surface area contributed by atoms with Gasteiger partial charge in [-0.2, -0.15) is 0 Å². The number of hydrogen-bond donors (Lipinski definition) is 1. The second-order valence-corrected chi connectivity index (χ2v) is 7.31. The summed E-state index contributed by atoms with van der Waals surface area (Å²) < 4.78 is 5.24. The van der Waals surface area contributed by atoms with Gasteiger partial charge < -0.3 is 10.1 Å². The molecule has 5 heteroatoms. The van der Waals surface area contributed by atoms with E-state index in [0.717, 1.165) is 22.4 Å². The first kappa shape index (κ1) is 18.9. The molecule has 0 atom stereocenters. The quantitative estimate of drug-likeness (QED) is 0.589. The van der Waals surface area contributed by atoms with Gasteiger partial charge in [0, 0.05) is 11.3 Å². The summed E-state index contributed by atoms with van der Waals surface area (Å²) in [5.74, 6) is -0.561. The summed E-state index contributed by atoms with van der Waals surface area (Å²) in [6.45, 7) is 3.80. The standard InChI is InChI=1S/C22H21NO3S/c1-15(2)17-10-6-7-11-19(17)23-20(24)14-26-22(25)21-18(12-13-27-21)16-8-4-3-5-9-16/h3-13,15H,14H2,1-2H3,(H,23,24). The van der Waals surface area contributed by atoms with E-state index < -0.39 is 5.97 Å². The third-order valence-corrected chi connectivity index (χ3v) is 5.02. The van der Waals surface area contributed by atoms with E-state index in [-0.39, 0.29) is 18.4 Å². The maximum atomic E-state index is 12.4. The monoisotopic (exact) mass is 379 g/mol. The largest absolute Gasteiger partial charge is 0.451 e. The van der Waals surface area contributed by atoms with E-state index in [1.807, 2.05) is 66.0 Å². The Hall–Kier alpha value is -2.92. The van der Waals surface area contributed by atoms with Crippen molar-refractivity contribution in [2.45, 2.75) is 19.8 Å². The van der Waals surface area contributed by atoms with Gasteiger partial charge in [0.25, 0.3) is 5.91 Å². The molecule has 0 saturated heterocycles. The van der Waals surface area contributed by atoms with Gasteiger partial charge in [-0.15, -0.1) is 11.3 Å². The van der Waals surface area contributed by atoms with Gasteiger partial charge in [0.05, 0.1) is 0 Å². The minimum Gasteiger partial charge on any atom is -0.451 e. The molecular formula is C22H21NO3S. The lowest BCUT2D eigenvalue weighted by Crippen LogP contribution is -2.21. The smallest absolute Gasteiger partial charge is 0.349 e. The number of para-hydroxylation sites is 1. The Labute approximate surface area is 162 Å². The average molecular weight is 379 g/mol. The van der Waals surface area contributed by atoms with Crippen LogP contribution in [0.25, 0.3) is 11.1 Å². The number of rotatable bonds is 6. The Morgan fingerprint density at radius 3 is 2.44 bits per heavy atom. The summed E-state index contributed by atoms with van der Waals surface area (Å²) >= 11 is 1.31. The van der Waals surface area contributed by atoms with E-state index in [0.29, 0.717) is 4.88 Å². The minimum absolute atomic E-state index is 0.281. The van der Waals surface area contributed by atoms with Crippen molar-refractivity contribution < 1.29 is 14.3 Å². The van der Waals surface area contributed by atoms with Crippen molar-refractivity contribution in [1.82, 2.24) is 0 Å². The molecule has 3 rings (SSSR count). The van der Waals surface area contributed by atoms with Crippen LogP contribution in [0.4, 0.5) is 5.69 Å². The predicted molar refractivity (Wildman–Crippen MR) is 109 cm³/mol. The third-order valence-electron chi connectivity index (χ3n) is 4.13. The van der Waals surface area contributed by atoms with Crippen LogP contribution >= 0.6 is 11.3 Å². The molecule has 3 aromatic rings. The SMILES string of the molecule is CC(C)c1ccccc1NC(=O)COC(=O)c1sccc1-c1ccccc1. The maximum absolute atomic E-state index is 12.4. The van der Waals surface area contributed by atoms with Gasteiger partial charge in [-0.25, -0.2) is 4.79 Å². The van der Waals surface area contributed by atoms with E-state index in [4.69, 9.17) is 4.74 Å². The van der Waals surface area contributed by atoms with Crippen molar-refractivity contribution in [1.29, 1.82) is 0 Å². The molecule has 0 unspecified atom stereocenters. The molecule has 0 radical (unpaired) electrons. The Bertz CT molecular complexity index is 931. The van der Waals surface area contributed by atoms with Gasteiger partial charge in [0.2, 0.25) is 0 Å². The maximum Gasteiger partial charge on any atom is 0.349 e. The van der Waals surface area contributed by atoms with Crippen molar-refractivity contribution in [3.8, 4) is 11.1 Å². The van der Waals surface area contributed by atoms with Crippen LogP contribution < -0.4 is 5.32 Å². The normalized spacial score (nSPS) is 10.6. The molecule has 0 spiro atoms. The molecule has 138 valence electrons. The Kier molecular flexibility index (Phi) is 6.04. The summed E-state index contributed by atoms with van der Waals surface area (Å²) in [6.07, 6.45) is 0. The first-order valence-corrected chi connectivity index (χ1v) is 9.63. The van der Waals surface area contributed by atoms with E-state index in [9.17, 15) is 9.59 Å². The van der Waals surface area contributed by atoms with E-state index in [2.05, 4.69) is 19.2 Å². The van der Waals surface area contributed by atoms with E-state index in [1.165, 1.54) is 11.3 Å². The Morgan fingerprint density at radius 1 is 1.00 bits per heavy atom. The van der Waals surface area contributed by atoms with E-state index in [1.54, 1.807) is 0 Å². The molecule has 0 aliphatic carbocycles. The van der Waals surface area contributed by atoms with Gasteiger partial charge in [0.1, 0.15) is 4.88 Å². The van der Waals surface area contributed by atoms with Crippen LogP contribution in [0.2, 0.25) is 0 Å². The number of thiophene rings is 1. The molecule has 4 nitrogen and oxygen atoms in total. The summed E-state index contributed by atoms with van der Waals surface area (Å²) in [5.41, 5.74) is 3.55. The molecule has 1 heterocycles. The number of anilines is 1. The summed E-state index contributed by atoms with van der Waals surface area (Å²) in [7, 11) is 0. The van der Waals surface area contributed by atoms with Gasteiger partial charge >= 0.3 is 5.97 Å². The molecule has 0 aliphatic rings. The molecule has 1 aromatic heterocycles. The first-order valence-electron chi connectivity index (χ1n) is 8.75. The van der Waals surface area contributed by atoms with Crippen LogP contribution in [-0.2, 0) is 9.53 Å². The summed E-state index contributed by atoms with van der Waals surface area (Å²) in [6, 6.07) is 19.2. The topological polar surface area (TPSA) is 55.4 Å². The molecule has 1 N–H and O–H groups in total. The van der Waals surface area contributed by atoms with Crippen molar-refractivity contribution in [2.24, 2.45) is 0 Å². The van der Waals surface area contributed by atoms with Gasteiger partial charge in [-0.3, -0.25) is 4.79 Å². The number of benzene rings is 2. The lowest BCUT2D eigenvalue weighted by molar-refractivity contribution is -0.119. The van der Waals surface area contributed by atoms with Crippen LogP contribution in [0.15, 0.2) is 66.0 Å². The summed E-state index contributed by atoms with van der Waals surface area (Å²) in [5, 5.41) is 4.67. The minimum atomic E-state index is -0.490. The number of nitrogens with one attached hydrogen (secondary N) is 1. The number of carbonyl (C=O) groups excluding carboxylic acids is 2.